The SMILES string of the molecule is CCN1CCN(c2ccc(N3C[C@H](CCC(=O)C(F)F)OC3=O)cc2F)CCO1. The lowest BCUT2D eigenvalue weighted by Crippen LogP contribution is -2.31. The molecule has 2 heterocycles. The summed E-state index contributed by atoms with van der Waals surface area (Å²) in [4.78, 5) is 31.8. The normalized spacial score (nSPS) is 20.9. The highest BCUT2D eigenvalue weighted by atomic mass is 19.3. The topological polar surface area (TPSA) is 62.3 Å². The van der Waals surface area contributed by atoms with Gasteiger partial charge in [0.2, 0.25) is 0 Å². The van der Waals surface area contributed by atoms with Crippen molar-refractivity contribution in [1.29, 1.82) is 0 Å². The number of hydroxylamine groups is 2. The zero-order valence-electron chi connectivity index (χ0n) is 16.2. The molecule has 0 spiro atoms. The van der Waals surface area contributed by atoms with Crippen molar-refractivity contribution >= 4 is 23.3 Å². The second kappa shape index (κ2) is 9.45. The number of carbonyl (C=O) groups is 2. The fraction of sp³-hybridized carbons (Fsp3) is 0.579. The summed E-state index contributed by atoms with van der Waals surface area (Å²) < 4.78 is 44.5. The summed E-state index contributed by atoms with van der Waals surface area (Å²) in [5.41, 5.74) is 0.738. The van der Waals surface area contributed by atoms with Gasteiger partial charge in [-0.3, -0.25) is 14.5 Å². The molecule has 0 aliphatic carbocycles. The third-order valence-electron chi connectivity index (χ3n) is 5.02. The number of benzene rings is 1. The van der Waals surface area contributed by atoms with Crippen LogP contribution in [0, 0.1) is 5.82 Å². The van der Waals surface area contributed by atoms with Crippen molar-refractivity contribution in [3.05, 3.63) is 24.0 Å². The molecule has 3 rings (SSSR count). The zero-order valence-corrected chi connectivity index (χ0v) is 16.2. The quantitative estimate of drug-likeness (QED) is 0.683. The molecule has 0 bridgehead atoms. The van der Waals surface area contributed by atoms with Crippen LogP contribution < -0.4 is 9.80 Å². The van der Waals surface area contributed by atoms with Crippen molar-refractivity contribution in [2.24, 2.45) is 0 Å². The number of amides is 1. The molecular formula is C19H24F3N3O4. The molecule has 1 atom stereocenters. The Kier molecular flexibility index (Phi) is 6.96. The highest BCUT2D eigenvalue weighted by molar-refractivity contribution is 5.90. The van der Waals surface area contributed by atoms with Gasteiger partial charge in [0, 0.05) is 32.6 Å². The van der Waals surface area contributed by atoms with Crippen LogP contribution in [0.2, 0.25) is 0 Å². The second-order valence-corrected chi connectivity index (χ2v) is 6.90. The van der Waals surface area contributed by atoms with E-state index in [2.05, 4.69) is 0 Å². The molecule has 0 N–H and O–H groups in total. The van der Waals surface area contributed by atoms with Crippen molar-refractivity contribution in [1.82, 2.24) is 5.06 Å². The van der Waals surface area contributed by atoms with Crippen LogP contribution in [0.4, 0.5) is 29.3 Å². The summed E-state index contributed by atoms with van der Waals surface area (Å²) in [5, 5.41) is 1.82. The van der Waals surface area contributed by atoms with Gasteiger partial charge in [0.05, 0.1) is 24.5 Å². The van der Waals surface area contributed by atoms with Gasteiger partial charge < -0.3 is 9.64 Å². The molecule has 0 saturated carbocycles. The number of hydrogen-bond acceptors (Lipinski definition) is 6. The van der Waals surface area contributed by atoms with Gasteiger partial charge in [0.25, 0.3) is 6.43 Å². The number of likely N-dealkylation sites (N-methyl/N-ethyl adjacent to an activating group) is 1. The predicted octanol–water partition coefficient (Wildman–Crippen LogP) is 2.84. The largest absolute Gasteiger partial charge is 0.444 e. The molecule has 2 saturated heterocycles. The molecule has 2 fully saturated rings. The van der Waals surface area contributed by atoms with Crippen molar-refractivity contribution in [3.8, 4) is 0 Å². The van der Waals surface area contributed by atoms with Gasteiger partial charge in [0.1, 0.15) is 11.9 Å². The minimum atomic E-state index is -3.03. The van der Waals surface area contributed by atoms with E-state index in [1.54, 1.807) is 12.1 Å². The fourth-order valence-electron chi connectivity index (χ4n) is 3.39. The third kappa shape index (κ3) is 5.18. The van der Waals surface area contributed by atoms with Crippen LogP contribution >= 0.6 is 0 Å². The summed E-state index contributed by atoms with van der Waals surface area (Å²) in [6.45, 7) is 5.06. The predicted molar refractivity (Wildman–Crippen MR) is 99.7 cm³/mol. The number of anilines is 2. The fourth-order valence-corrected chi connectivity index (χ4v) is 3.39. The van der Waals surface area contributed by atoms with Crippen LogP contribution in [-0.4, -0.2) is 68.8 Å². The number of carbonyl (C=O) groups excluding carboxylic acids is 2. The molecule has 0 aromatic heterocycles. The van der Waals surface area contributed by atoms with E-state index in [-0.39, 0.29) is 19.4 Å². The second-order valence-electron chi connectivity index (χ2n) is 6.90. The summed E-state index contributed by atoms with van der Waals surface area (Å²) in [6, 6.07) is 4.48. The smallest absolute Gasteiger partial charge is 0.414 e. The number of alkyl halides is 2. The molecule has 1 amide bonds. The average molecular weight is 415 g/mol. The number of hydrogen-bond donors (Lipinski definition) is 0. The first kappa shape index (κ1) is 21.4. The highest BCUT2D eigenvalue weighted by Gasteiger charge is 2.33. The molecule has 0 unspecified atom stereocenters. The van der Waals surface area contributed by atoms with Gasteiger partial charge in [0.15, 0.2) is 5.78 Å². The molecule has 0 radical (unpaired) electrons. The third-order valence-corrected chi connectivity index (χ3v) is 5.02. The van der Waals surface area contributed by atoms with Crippen LogP contribution in [0.15, 0.2) is 18.2 Å². The number of ether oxygens (including phenoxy) is 1. The molecule has 1 aromatic rings. The molecule has 2 aliphatic heterocycles. The van der Waals surface area contributed by atoms with Crippen molar-refractivity contribution in [2.75, 3.05) is 49.1 Å². The Morgan fingerprint density at radius 1 is 1.28 bits per heavy atom. The molecule has 2 aliphatic rings. The first-order chi connectivity index (χ1) is 13.9. The van der Waals surface area contributed by atoms with E-state index >= 15 is 0 Å². The van der Waals surface area contributed by atoms with E-state index in [1.165, 1.54) is 11.0 Å². The number of nitrogens with zero attached hydrogens (tertiary/aromatic N) is 3. The number of ketones is 1. The number of rotatable bonds is 7. The number of halogens is 3. The van der Waals surface area contributed by atoms with Crippen LogP contribution in [0.5, 0.6) is 0 Å². The van der Waals surface area contributed by atoms with Gasteiger partial charge in [-0.1, -0.05) is 6.92 Å². The summed E-state index contributed by atoms with van der Waals surface area (Å²) in [6.07, 6.45) is -4.77. The van der Waals surface area contributed by atoms with Gasteiger partial charge in [-0.25, -0.2) is 18.0 Å². The standard InChI is InChI=1S/C19H24F3N3O4/c1-2-24-8-7-23(9-10-28-24)16-5-3-13(11-15(16)20)25-12-14(29-19(25)27)4-6-17(26)18(21)22/h3,5,11,14,18H,2,4,6-10,12H2,1H3/t14-/m0/s1. The molecule has 160 valence electrons. The van der Waals surface area contributed by atoms with E-state index in [9.17, 15) is 22.8 Å². The lowest BCUT2D eigenvalue weighted by atomic mass is 10.1. The van der Waals surface area contributed by atoms with Gasteiger partial charge in [-0.15, -0.1) is 0 Å². The Labute approximate surface area is 166 Å². The maximum Gasteiger partial charge on any atom is 0.414 e. The van der Waals surface area contributed by atoms with Crippen molar-refractivity contribution < 1.29 is 32.3 Å². The Morgan fingerprint density at radius 3 is 2.76 bits per heavy atom. The number of Topliss-reactive ketones (excluding diaryl/α,β-unsaturated/α-hetero) is 1. The van der Waals surface area contributed by atoms with E-state index in [1.807, 2.05) is 16.9 Å². The summed E-state index contributed by atoms with van der Waals surface area (Å²) in [5.74, 6) is -1.66. The first-order valence-corrected chi connectivity index (χ1v) is 9.60. The number of cyclic esters (lactones) is 1. The van der Waals surface area contributed by atoms with E-state index in [0.717, 1.165) is 6.54 Å². The molecular weight excluding hydrogens is 391 g/mol. The van der Waals surface area contributed by atoms with Gasteiger partial charge in [-0.2, -0.15) is 5.06 Å². The Bertz CT molecular complexity index is 749. The van der Waals surface area contributed by atoms with Crippen LogP contribution in [0.3, 0.4) is 0 Å². The van der Waals surface area contributed by atoms with E-state index < -0.39 is 30.2 Å². The molecule has 1 aromatic carbocycles. The highest BCUT2D eigenvalue weighted by Crippen LogP contribution is 2.29. The molecule has 10 heteroatoms. The van der Waals surface area contributed by atoms with Gasteiger partial charge in [-0.05, 0) is 24.6 Å². The first-order valence-electron chi connectivity index (χ1n) is 9.60. The Morgan fingerprint density at radius 2 is 2.07 bits per heavy atom. The maximum absolute atomic E-state index is 14.8. The average Bonchev–Trinajstić information content (AvgIpc) is 2.91. The Hall–Kier alpha value is -2.33. The lowest BCUT2D eigenvalue weighted by Gasteiger charge is -2.23. The summed E-state index contributed by atoms with van der Waals surface area (Å²) in [7, 11) is 0. The van der Waals surface area contributed by atoms with Crippen LogP contribution in [-0.2, 0) is 14.4 Å². The minimum Gasteiger partial charge on any atom is -0.444 e. The summed E-state index contributed by atoms with van der Waals surface area (Å²) >= 11 is 0. The minimum absolute atomic E-state index is 0.00762. The zero-order chi connectivity index (χ0) is 21.0. The molecule has 29 heavy (non-hydrogen) atoms. The van der Waals surface area contributed by atoms with Crippen LogP contribution in [0.1, 0.15) is 19.8 Å². The Balaban J connectivity index is 1.64. The van der Waals surface area contributed by atoms with E-state index in [0.29, 0.717) is 37.6 Å². The lowest BCUT2D eigenvalue weighted by molar-refractivity contribution is -0.143. The monoisotopic (exact) mass is 415 g/mol. The van der Waals surface area contributed by atoms with Crippen LogP contribution in [0.25, 0.3) is 0 Å². The van der Waals surface area contributed by atoms with E-state index in [4.69, 9.17) is 9.57 Å². The van der Waals surface area contributed by atoms with Crippen molar-refractivity contribution in [2.45, 2.75) is 32.3 Å². The van der Waals surface area contributed by atoms with Crippen molar-refractivity contribution in [3.63, 3.8) is 0 Å². The van der Waals surface area contributed by atoms with Gasteiger partial charge >= 0.3 is 6.09 Å². The maximum atomic E-state index is 14.8. The molecule has 7 nitrogen and oxygen atoms in total.